The van der Waals surface area contributed by atoms with Gasteiger partial charge in [0.2, 0.25) is 0 Å². The Morgan fingerprint density at radius 3 is 3.10 bits per heavy atom. The van der Waals surface area contributed by atoms with E-state index < -0.39 is 5.60 Å². The lowest BCUT2D eigenvalue weighted by molar-refractivity contribution is -0.183. The molecule has 0 spiro atoms. The number of nitrogens with two attached hydrogens (primary N) is 1. The number of ether oxygens (including phenoxy) is 2. The number of imidazole rings is 1. The van der Waals surface area contributed by atoms with Crippen molar-refractivity contribution in [1.29, 1.82) is 0 Å². The molecule has 2 fully saturated rings. The van der Waals surface area contributed by atoms with Gasteiger partial charge in [0, 0.05) is 5.92 Å². The molecule has 2 saturated heterocycles. The van der Waals surface area contributed by atoms with Crippen LogP contribution in [0.2, 0.25) is 0 Å². The predicted octanol–water partition coefficient (Wildman–Crippen LogP) is -0.297. The lowest BCUT2D eigenvalue weighted by Gasteiger charge is -2.30. The Labute approximate surface area is 114 Å². The van der Waals surface area contributed by atoms with Gasteiger partial charge in [0.15, 0.2) is 17.7 Å². The number of aromatic nitrogens is 4. The molecule has 8 nitrogen and oxygen atoms in total. The van der Waals surface area contributed by atoms with Gasteiger partial charge in [-0.3, -0.25) is 4.57 Å². The number of fused-ring (bicyclic) bond motifs is 3. The van der Waals surface area contributed by atoms with Gasteiger partial charge in [-0.25, -0.2) is 15.0 Å². The van der Waals surface area contributed by atoms with Crippen LogP contribution in [0.25, 0.3) is 11.2 Å². The van der Waals surface area contributed by atoms with Gasteiger partial charge >= 0.3 is 0 Å². The van der Waals surface area contributed by atoms with E-state index in [0.717, 1.165) is 0 Å². The molecule has 0 radical (unpaired) electrons. The smallest absolute Gasteiger partial charge is 0.167 e. The van der Waals surface area contributed by atoms with Gasteiger partial charge in [0.25, 0.3) is 0 Å². The fourth-order valence-corrected chi connectivity index (χ4v) is 3.09. The van der Waals surface area contributed by atoms with Gasteiger partial charge in [0.05, 0.1) is 19.5 Å². The van der Waals surface area contributed by atoms with Crippen LogP contribution in [0.4, 0.5) is 5.82 Å². The van der Waals surface area contributed by atoms with Crippen molar-refractivity contribution in [1.82, 2.24) is 19.5 Å². The van der Waals surface area contributed by atoms with Crippen molar-refractivity contribution in [3.05, 3.63) is 12.7 Å². The summed E-state index contributed by atoms with van der Waals surface area (Å²) < 4.78 is 13.6. The Morgan fingerprint density at radius 1 is 1.50 bits per heavy atom. The first kappa shape index (κ1) is 12.0. The van der Waals surface area contributed by atoms with Crippen molar-refractivity contribution in [2.75, 3.05) is 18.9 Å². The van der Waals surface area contributed by atoms with E-state index in [2.05, 4.69) is 15.0 Å². The third-order valence-corrected chi connectivity index (χ3v) is 4.41. The SMILES string of the molecule is CC1[C@@H]2OC[C@]1(CO)O[C@H]2n1cnc2c(N)ncnc21. The van der Waals surface area contributed by atoms with E-state index in [4.69, 9.17) is 15.2 Å². The number of anilines is 1. The first-order chi connectivity index (χ1) is 9.66. The highest BCUT2D eigenvalue weighted by atomic mass is 16.6. The van der Waals surface area contributed by atoms with Gasteiger partial charge < -0.3 is 20.3 Å². The summed E-state index contributed by atoms with van der Waals surface area (Å²) in [7, 11) is 0. The predicted molar refractivity (Wildman–Crippen MR) is 68.6 cm³/mol. The molecule has 106 valence electrons. The van der Waals surface area contributed by atoms with E-state index >= 15 is 0 Å². The van der Waals surface area contributed by atoms with E-state index in [9.17, 15) is 5.11 Å². The molecule has 0 saturated carbocycles. The summed E-state index contributed by atoms with van der Waals surface area (Å²) >= 11 is 0. The number of rotatable bonds is 2. The molecule has 2 aliphatic rings. The molecule has 0 amide bonds. The molecular weight excluding hydrogens is 262 g/mol. The second kappa shape index (κ2) is 3.87. The molecule has 4 rings (SSSR count). The second-order valence-electron chi connectivity index (χ2n) is 5.38. The maximum Gasteiger partial charge on any atom is 0.167 e. The molecule has 2 aromatic rings. The number of hydrogen-bond acceptors (Lipinski definition) is 7. The van der Waals surface area contributed by atoms with Gasteiger partial charge in [-0.15, -0.1) is 0 Å². The Hall–Kier alpha value is -1.77. The summed E-state index contributed by atoms with van der Waals surface area (Å²) in [5.74, 6) is 0.442. The standard InChI is InChI=1S/C12H15N5O3/c1-6-8-11(20-12(6,2-18)3-19-8)17-5-16-7-9(13)14-4-15-10(7)17/h4-6,8,11,18H,2-3H2,1H3,(H2,13,14,15)/t6?,8-,11+,12-/m0/s1. The molecule has 2 aliphatic heterocycles. The molecule has 3 N–H and O–H groups in total. The van der Waals surface area contributed by atoms with Crippen LogP contribution in [0.15, 0.2) is 12.7 Å². The fraction of sp³-hybridized carbons (Fsp3) is 0.583. The number of hydrogen-bond donors (Lipinski definition) is 2. The molecule has 4 heterocycles. The Bertz CT molecular complexity index is 674. The Balaban J connectivity index is 1.80. The lowest BCUT2D eigenvalue weighted by atomic mass is 9.91. The second-order valence-corrected chi connectivity index (χ2v) is 5.38. The largest absolute Gasteiger partial charge is 0.393 e. The van der Waals surface area contributed by atoms with E-state index in [1.165, 1.54) is 6.33 Å². The quantitative estimate of drug-likeness (QED) is 0.776. The highest BCUT2D eigenvalue weighted by Crippen LogP contribution is 2.49. The van der Waals surface area contributed by atoms with Crippen LogP contribution in [0, 0.1) is 5.92 Å². The molecule has 0 aromatic carbocycles. The molecule has 8 heteroatoms. The third-order valence-electron chi connectivity index (χ3n) is 4.41. The monoisotopic (exact) mass is 277 g/mol. The number of nitrogens with zero attached hydrogens (tertiary/aromatic N) is 4. The number of aliphatic hydroxyl groups is 1. The zero-order chi connectivity index (χ0) is 13.9. The van der Waals surface area contributed by atoms with E-state index in [1.54, 1.807) is 10.9 Å². The van der Waals surface area contributed by atoms with Crippen molar-refractivity contribution in [2.45, 2.75) is 24.9 Å². The number of aliphatic hydroxyl groups excluding tert-OH is 1. The number of nitrogen functional groups attached to an aromatic ring is 1. The van der Waals surface area contributed by atoms with Gasteiger partial charge in [-0.1, -0.05) is 6.92 Å². The molecule has 1 unspecified atom stereocenters. The Kier molecular flexibility index (Phi) is 2.33. The van der Waals surface area contributed by atoms with E-state index in [-0.39, 0.29) is 24.9 Å². The van der Waals surface area contributed by atoms with Crippen LogP contribution in [-0.2, 0) is 9.47 Å². The summed E-state index contributed by atoms with van der Waals surface area (Å²) in [6, 6.07) is 0. The van der Waals surface area contributed by atoms with Crippen molar-refractivity contribution in [3.8, 4) is 0 Å². The molecule has 20 heavy (non-hydrogen) atoms. The minimum atomic E-state index is -0.634. The topological polar surface area (TPSA) is 108 Å². The van der Waals surface area contributed by atoms with Crippen molar-refractivity contribution in [3.63, 3.8) is 0 Å². The minimum absolute atomic E-state index is 0.0646. The average molecular weight is 277 g/mol. The summed E-state index contributed by atoms with van der Waals surface area (Å²) in [4.78, 5) is 12.4. The van der Waals surface area contributed by atoms with Crippen LogP contribution in [0.3, 0.4) is 0 Å². The summed E-state index contributed by atoms with van der Waals surface area (Å²) in [6.07, 6.45) is 2.54. The Morgan fingerprint density at radius 2 is 2.35 bits per heavy atom. The van der Waals surface area contributed by atoms with E-state index in [0.29, 0.717) is 23.6 Å². The van der Waals surface area contributed by atoms with Gasteiger partial charge in [-0.05, 0) is 0 Å². The first-order valence-electron chi connectivity index (χ1n) is 6.49. The molecule has 0 aliphatic carbocycles. The van der Waals surface area contributed by atoms with Crippen LogP contribution in [-0.4, -0.2) is 49.5 Å². The summed E-state index contributed by atoms with van der Waals surface area (Å²) in [5, 5.41) is 9.61. The normalized spacial score (nSPS) is 36.0. The fourth-order valence-electron chi connectivity index (χ4n) is 3.09. The highest BCUT2D eigenvalue weighted by molar-refractivity contribution is 5.81. The van der Waals surface area contributed by atoms with Crippen LogP contribution in [0.5, 0.6) is 0 Å². The molecule has 2 bridgehead atoms. The van der Waals surface area contributed by atoms with E-state index in [1.807, 2.05) is 6.92 Å². The maximum atomic E-state index is 9.61. The first-order valence-corrected chi connectivity index (χ1v) is 6.49. The summed E-state index contributed by atoms with van der Waals surface area (Å²) in [6.45, 7) is 2.37. The van der Waals surface area contributed by atoms with Crippen LogP contribution in [0.1, 0.15) is 13.2 Å². The van der Waals surface area contributed by atoms with Gasteiger partial charge in [0.1, 0.15) is 23.5 Å². The third kappa shape index (κ3) is 1.33. The van der Waals surface area contributed by atoms with Crippen LogP contribution >= 0.6 is 0 Å². The summed E-state index contributed by atoms with van der Waals surface area (Å²) in [5.41, 5.74) is 6.31. The molecule has 2 aromatic heterocycles. The highest BCUT2D eigenvalue weighted by Gasteiger charge is 2.59. The molecular formula is C12H15N5O3. The minimum Gasteiger partial charge on any atom is -0.393 e. The van der Waals surface area contributed by atoms with Crippen molar-refractivity contribution in [2.24, 2.45) is 5.92 Å². The maximum absolute atomic E-state index is 9.61. The zero-order valence-electron chi connectivity index (χ0n) is 10.9. The van der Waals surface area contributed by atoms with Crippen LogP contribution < -0.4 is 5.73 Å². The molecule has 4 atom stereocenters. The lowest BCUT2D eigenvalue weighted by Crippen LogP contribution is -2.40. The average Bonchev–Trinajstić information content (AvgIpc) is 3.10. The zero-order valence-corrected chi connectivity index (χ0v) is 10.9. The van der Waals surface area contributed by atoms with Gasteiger partial charge in [-0.2, -0.15) is 0 Å². The van der Waals surface area contributed by atoms with Crippen molar-refractivity contribution >= 4 is 17.0 Å². The van der Waals surface area contributed by atoms with Crippen molar-refractivity contribution < 1.29 is 14.6 Å².